The molecule has 2 amide bonds. The summed E-state index contributed by atoms with van der Waals surface area (Å²) in [7, 11) is 0. The molecule has 0 radical (unpaired) electrons. The smallest absolute Gasteiger partial charge is 0.422 e. The summed E-state index contributed by atoms with van der Waals surface area (Å²) in [4.78, 5) is 17.1. The number of carbonyl (C=O) groups is 1. The zero-order chi connectivity index (χ0) is 15.3. The summed E-state index contributed by atoms with van der Waals surface area (Å²) >= 11 is 0. The Morgan fingerprint density at radius 1 is 1.38 bits per heavy atom. The molecule has 1 N–H and O–H groups in total. The fraction of sp³-hybridized carbons (Fsp3) is 0.500. The second kappa shape index (κ2) is 6.61. The summed E-state index contributed by atoms with van der Waals surface area (Å²) in [6.45, 7) is 0.545. The summed E-state index contributed by atoms with van der Waals surface area (Å²) in [5, 5.41) is 2.60. The van der Waals surface area contributed by atoms with Gasteiger partial charge in [-0.15, -0.1) is 0 Å². The maximum Gasteiger partial charge on any atom is 0.422 e. The molecule has 0 unspecified atom stereocenters. The maximum atomic E-state index is 12.0. The van der Waals surface area contributed by atoms with Crippen molar-refractivity contribution < 1.29 is 27.4 Å². The van der Waals surface area contributed by atoms with E-state index in [-0.39, 0.29) is 11.9 Å². The van der Waals surface area contributed by atoms with Crippen molar-refractivity contribution in [3.05, 3.63) is 18.3 Å². The molecule has 0 saturated carbocycles. The van der Waals surface area contributed by atoms with Gasteiger partial charge in [-0.3, -0.25) is 0 Å². The van der Waals surface area contributed by atoms with Gasteiger partial charge in [0.1, 0.15) is 0 Å². The van der Waals surface area contributed by atoms with Crippen LogP contribution in [0.1, 0.15) is 0 Å². The van der Waals surface area contributed by atoms with Crippen LogP contribution < -0.4 is 10.1 Å². The fourth-order valence-electron chi connectivity index (χ4n) is 1.66. The summed E-state index contributed by atoms with van der Waals surface area (Å²) in [5.41, 5.74) is 0.380. The van der Waals surface area contributed by atoms with Gasteiger partial charge in [0.2, 0.25) is 5.88 Å². The number of aromatic nitrogens is 1. The number of pyridine rings is 1. The highest BCUT2D eigenvalue weighted by Gasteiger charge is 2.28. The van der Waals surface area contributed by atoms with Gasteiger partial charge in [-0.1, -0.05) is 0 Å². The molecule has 0 bridgehead atoms. The van der Waals surface area contributed by atoms with Crippen LogP contribution in [0.25, 0.3) is 0 Å². The average Bonchev–Trinajstić information content (AvgIpc) is 2.46. The number of hydrogen-bond donors (Lipinski definition) is 1. The minimum absolute atomic E-state index is 0.156. The van der Waals surface area contributed by atoms with E-state index in [0.29, 0.717) is 32.0 Å². The van der Waals surface area contributed by atoms with Crippen molar-refractivity contribution in [2.45, 2.75) is 6.18 Å². The molecule has 0 aromatic carbocycles. The molecule has 1 aromatic rings. The first-order valence-electron chi connectivity index (χ1n) is 6.23. The van der Waals surface area contributed by atoms with Crippen LogP contribution in [0.2, 0.25) is 0 Å². The third kappa shape index (κ3) is 5.10. The van der Waals surface area contributed by atoms with Gasteiger partial charge in [-0.05, 0) is 6.07 Å². The number of urea groups is 1. The summed E-state index contributed by atoms with van der Waals surface area (Å²) in [6.07, 6.45) is -3.17. The average molecular weight is 305 g/mol. The second-order valence-electron chi connectivity index (χ2n) is 4.32. The molecule has 1 saturated heterocycles. The highest BCUT2D eigenvalue weighted by molar-refractivity contribution is 5.89. The Labute approximate surface area is 118 Å². The van der Waals surface area contributed by atoms with E-state index in [1.807, 2.05) is 0 Å². The molecule has 21 heavy (non-hydrogen) atoms. The Balaban J connectivity index is 1.85. The van der Waals surface area contributed by atoms with Gasteiger partial charge in [-0.2, -0.15) is 13.2 Å². The van der Waals surface area contributed by atoms with Crippen LogP contribution >= 0.6 is 0 Å². The Morgan fingerprint density at radius 2 is 2.10 bits per heavy atom. The predicted octanol–water partition coefficient (Wildman–Crippen LogP) is 1.89. The Kier molecular flexibility index (Phi) is 4.84. The molecular weight excluding hydrogens is 291 g/mol. The van der Waals surface area contributed by atoms with E-state index < -0.39 is 12.8 Å². The predicted molar refractivity (Wildman–Crippen MR) is 67.2 cm³/mol. The van der Waals surface area contributed by atoms with Gasteiger partial charge in [0, 0.05) is 19.2 Å². The Morgan fingerprint density at radius 3 is 2.67 bits per heavy atom. The number of morpholine rings is 1. The quantitative estimate of drug-likeness (QED) is 0.926. The number of halogens is 3. The normalized spacial score (nSPS) is 15.7. The topological polar surface area (TPSA) is 63.7 Å². The van der Waals surface area contributed by atoms with Crippen LogP contribution in [-0.4, -0.2) is 55.0 Å². The number of carbonyl (C=O) groups excluding carboxylic acids is 1. The minimum Gasteiger partial charge on any atom is -0.468 e. The van der Waals surface area contributed by atoms with Gasteiger partial charge < -0.3 is 19.7 Å². The molecule has 0 spiro atoms. The maximum absolute atomic E-state index is 12.0. The van der Waals surface area contributed by atoms with Crippen molar-refractivity contribution >= 4 is 11.7 Å². The number of nitrogens with zero attached hydrogens (tertiary/aromatic N) is 2. The van der Waals surface area contributed by atoms with E-state index in [2.05, 4.69) is 15.0 Å². The molecule has 1 aliphatic heterocycles. The molecule has 1 aliphatic rings. The highest BCUT2D eigenvalue weighted by atomic mass is 19.4. The summed E-state index contributed by atoms with van der Waals surface area (Å²) in [6, 6.07) is 2.39. The van der Waals surface area contributed by atoms with Crippen LogP contribution in [0.3, 0.4) is 0 Å². The summed E-state index contributed by atoms with van der Waals surface area (Å²) < 4.78 is 45.5. The van der Waals surface area contributed by atoms with Gasteiger partial charge >= 0.3 is 12.2 Å². The van der Waals surface area contributed by atoms with E-state index in [1.165, 1.54) is 18.3 Å². The minimum atomic E-state index is -4.41. The summed E-state index contributed by atoms with van der Waals surface area (Å²) in [5.74, 6) is -0.156. The molecule has 9 heteroatoms. The van der Waals surface area contributed by atoms with Crippen LogP contribution in [0.4, 0.5) is 23.7 Å². The second-order valence-corrected chi connectivity index (χ2v) is 4.32. The first-order valence-corrected chi connectivity index (χ1v) is 6.23. The number of nitrogens with one attached hydrogen (secondary N) is 1. The number of amides is 2. The van der Waals surface area contributed by atoms with Crippen LogP contribution in [0.5, 0.6) is 5.88 Å². The number of rotatable bonds is 3. The Hall–Kier alpha value is -2.03. The molecule has 1 fully saturated rings. The lowest BCUT2D eigenvalue weighted by Crippen LogP contribution is -2.43. The van der Waals surface area contributed by atoms with Crippen LogP contribution in [0.15, 0.2) is 18.3 Å². The van der Waals surface area contributed by atoms with Crippen molar-refractivity contribution in [3.63, 3.8) is 0 Å². The molecule has 6 nitrogen and oxygen atoms in total. The van der Waals surface area contributed by atoms with E-state index >= 15 is 0 Å². The lowest BCUT2D eigenvalue weighted by molar-refractivity contribution is -0.154. The van der Waals surface area contributed by atoms with Gasteiger partial charge in [0.15, 0.2) is 6.61 Å². The zero-order valence-electron chi connectivity index (χ0n) is 11.0. The van der Waals surface area contributed by atoms with E-state index in [1.54, 1.807) is 4.90 Å². The fourth-order valence-corrected chi connectivity index (χ4v) is 1.66. The highest BCUT2D eigenvalue weighted by Crippen LogP contribution is 2.18. The van der Waals surface area contributed by atoms with Crippen LogP contribution in [-0.2, 0) is 4.74 Å². The van der Waals surface area contributed by atoms with Crippen molar-refractivity contribution in [3.8, 4) is 5.88 Å². The van der Waals surface area contributed by atoms with Crippen molar-refractivity contribution in [1.82, 2.24) is 9.88 Å². The lowest BCUT2D eigenvalue weighted by atomic mass is 10.4. The van der Waals surface area contributed by atoms with Gasteiger partial charge in [-0.25, -0.2) is 9.78 Å². The van der Waals surface area contributed by atoms with Crippen molar-refractivity contribution in [2.24, 2.45) is 0 Å². The SMILES string of the molecule is O=C(Nc1ccc(OCC(F)(F)F)nc1)N1CCOCC1. The molecule has 1 aromatic heterocycles. The van der Waals surface area contributed by atoms with E-state index in [9.17, 15) is 18.0 Å². The molecule has 2 rings (SSSR count). The van der Waals surface area contributed by atoms with Crippen molar-refractivity contribution in [1.29, 1.82) is 0 Å². The van der Waals surface area contributed by atoms with Gasteiger partial charge in [0.05, 0.1) is 25.1 Å². The molecule has 2 heterocycles. The largest absolute Gasteiger partial charge is 0.468 e. The number of ether oxygens (including phenoxy) is 2. The molecule has 0 aliphatic carbocycles. The first-order chi connectivity index (χ1) is 9.94. The van der Waals surface area contributed by atoms with E-state index in [0.717, 1.165) is 0 Å². The standard InChI is InChI=1S/C12H14F3N3O3/c13-12(14,15)8-21-10-2-1-9(7-16-10)17-11(19)18-3-5-20-6-4-18/h1-2,7H,3-6,8H2,(H,17,19). The number of anilines is 1. The zero-order valence-corrected chi connectivity index (χ0v) is 11.0. The van der Waals surface area contributed by atoms with E-state index in [4.69, 9.17) is 4.74 Å². The number of hydrogen-bond acceptors (Lipinski definition) is 4. The third-order valence-electron chi connectivity index (χ3n) is 2.67. The number of alkyl halides is 3. The molecule has 0 atom stereocenters. The molecule has 116 valence electrons. The lowest BCUT2D eigenvalue weighted by Gasteiger charge is -2.26. The van der Waals surface area contributed by atoms with Gasteiger partial charge in [0.25, 0.3) is 0 Å². The monoisotopic (exact) mass is 305 g/mol. The van der Waals surface area contributed by atoms with Crippen LogP contribution in [0, 0.1) is 0 Å². The van der Waals surface area contributed by atoms with Crippen molar-refractivity contribution in [2.75, 3.05) is 38.2 Å². The third-order valence-corrected chi connectivity index (χ3v) is 2.67. The molecular formula is C12H14F3N3O3. The first kappa shape index (κ1) is 15.4. The Bertz CT molecular complexity index is 473.